The fraction of sp³-hybridized carbons (Fsp3) is 0.455. The number of carbonyl (C=O) groups is 1. The molecule has 1 amide bonds. The number of pyridine rings is 1. The average molecular weight is 415 g/mol. The van der Waals surface area contributed by atoms with Gasteiger partial charge >= 0.3 is 6.09 Å². The van der Waals surface area contributed by atoms with E-state index in [2.05, 4.69) is 22.4 Å². The summed E-state index contributed by atoms with van der Waals surface area (Å²) in [5.41, 5.74) is 7.97. The van der Waals surface area contributed by atoms with Crippen LogP contribution in [0.5, 0.6) is 0 Å². The molecule has 7 heteroatoms. The third-order valence-corrected chi connectivity index (χ3v) is 6.17. The Balaban J connectivity index is 1.47. The van der Waals surface area contributed by atoms with Gasteiger partial charge in [0.1, 0.15) is 10.8 Å². The van der Waals surface area contributed by atoms with Crippen LogP contribution >= 0.6 is 11.6 Å². The molecule has 1 saturated carbocycles. The van der Waals surface area contributed by atoms with Gasteiger partial charge in [-0.2, -0.15) is 0 Å². The summed E-state index contributed by atoms with van der Waals surface area (Å²) in [5.74, 6) is 0. The molecule has 2 fully saturated rings. The number of cyclic esters (lactones) is 1. The predicted octanol–water partition coefficient (Wildman–Crippen LogP) is 5.01. The molecule has 1 saturated heterocycles. The van der Waals surface area contributed by atoms with Crippen molar-refractivity contribution in [3.8, 4) is 0 Å². The van der Waals surface area contributed by atoms with Gasteiger partial charge in [-0.25, -0.2) is 9.78 Å². The van der Waals surface area contributed by atoms with E-state index in [0.717, 1.165) is 36.9 Å². The minimum absolute atomic E-state index is 0.0830. The van der Waals surface area contributed by atoms with E-state index < -0.39 is 5.60 Å². The molecule has 0 radical (unpaired) electrons. The van der Waals surface area contributed by atoms with Gasteiger partial charge in [0.15, 0.2) is 0 Å². The summed E-state index contributed by atoms with van der Waals surface area (Å²) in [7, 11) is 0. The molecule has 1 aliphatic carbocycles. The molecule has 2 aromatic rings. The van der Waals surface area contributed by atoms with E-state index in [1.54, 1.807) is 12.3 Å². The monoisotopic (exact) mass is 414 g/mol. The van der Waals surface area contributed by atoms with Crippen LogP contribution in [0, 0.1) is 0 Å². The van der Waals surface area contributed by atoms with Crippen LogP contribution in [0.4, 0.5) is 16.2 Å². The van der Waals surface area contributed by atoms with Gasteiger partial charge in [-0.1, -0.05) is 41.9 Å². The molecule has 2 aliphatic rings. The van der Waals surface area contributed by atoms with E-state index in [1.807, 2.05) is 36.9 Å². The Morgan fingerprint density at radius 3 is 2.59 bits per heavy atom. The second kappa shape index (κ2) is 7.75. The summed E-state index contributed by atoms with van der Waals surface area (Å²) >= 11 is 6.00. The lowest BCUT2D eigenvalue weighted by atomic mass is 9.86. The predicted molar refractivity (Wildman–Crippen MR) is 115 cm³/mol. The molecule has 0 spiro atoms. The Morgan fingerprint density at radius 2 is 1.90 bits per heavy atom. The smallest absolute Gasteiger partial charge is 0.411 e. The number of anilines is 2. The second-order valence-corrected chi connectivity index (χ2v) is 8.82. The fourth-order valence-corrected chi connectivity index (χ4v) is 4.77. The first kappa shape index (κ1) is 19.8. The number of ether oxygens (including phenoxy) is 1. The van der Waals surface area contributed by atoms with Crippen molar-refractivity contribution in [2.75, 3.05) is 11.1 Å². The van der Waals surface area contributed by atoms with Crippen molar-refractivity contribution in [1.29, 1.82) is 0 Å². The normalized spacial score (nSPS) is 26.2. The van der Waals surface area contributed by atoms with E-state index >= 15 is 0 Å². The van der Waals surface area contributed by atoms with Crippen LogP contribution in [0.2, 0.25) is 5.15 Å². The molecule has 1 atom stereocenters. The van der Waals surface area contributed by atoms with Crippen LogP contribution in [0.25, 0.3) is 0 Å². The van der Waals surface area contributed by atoms with Gasteiger partial charge in [0, 0.05) is 18.2 Å². The van der Waals surface area contributed by atoms with Gasteiger partial charge in [-0.05, 0) is 45.1 Å². The number of aromatic nitrogens is 1. The highest BCUT2D eigenvalue weighted by atomic mass is 35.5. The zero-order chi connectivity index (χ0) is 20.6. The summed E-state index contributed by atoms with van der Waals surface area (Å²) in [6.45, 7) is 3.98. The Bertz CT molecular complexity index is 882. The Kier molecular flexibility index (Phi) is 5.30. The molecule has 3 N–H and O–H groups in total. The number of carbonyl (C=O) groups excluding carboxylic acids is 1. The van der Waals surface area contributed by atoms with Crippen LogP contribution in [-0.4, -0.2) is 33.7 Å². The van der Waals surface area contributed by atoms with Gasteiger partial charge in [-0.3, -0.25) is 4.90 Å². The van der Waals surface area contributed by atoms with Crippen molar-refractivity contribution in [3.05, 3.63) is 53.3 Å². The lowest BCUT2D eigenvalue weighted by Gasteiger charge is -2.38. The van der Waals surface area contributed by atoms with Crippen molar-refractivity contribution in [3.63, 3.8) is 0 Å². The molecule has 2 heterocycles. The highest BCUT2D eigenvalue weighted by Crippen LogP contribution is 2.44. The number of amides is 1. The standard InChI is InChI=1S/C22H27ClN4O2/c1-22(2)20(14-6-4-3-5-7-14)27(21(28)29-22)16-10-8-15(9-11-16)26-18-12-19(23)25-13-17(18)24/h3-7,12-13,15-16,20H,8-11,24H2,1-2H3,(H,25,26)/t15?,16?,20-/m0/s1. The van der Waals surface area contributed by atoms with Crippen LogP contribution in [0.1, 0.15) is 51.1 Å². The van der Waals surface area contributed by atoms with Crippen molar-refractivity contribution in [1.82, 2.24) is 9.88 Å². The molecule has 154 valence electrons. The molecule has 0 bridgehead atoms. The van der Waals surface area contributed by atoms with Crippen LogP contribution < -0.4 is 11.1 Å². The highest BCUT2D eigenvalue weighted by molar-refractivity contribution is 6.29. The number of halogens is 1. The highest BCUT2D eigenvalue weighted by Gasteiger charge is 2.51. The van der Waals surface area contributed by atoms with Crippen LogP contribution in [0.3, 0.4) is 0 Å². The summed E-state index contributed by atoms with van der Waals surface area (Å²) in [6.07, 6.45) is 5.05. The maximum Gasteiger partial charge on any atom is 0.411 e. The molecule has 0 unspecified atom stereocenters. The van der Waals surface area contributed by atoms with E-state index in [4.69, 9.17) is 22.1 Å². The van der Waals surface area contributed by atoms with Gasteiger partial charge in [0.25, 0.3) is 0 Å². The number of nitrogens with zero attached hydrogens (tertiary/aromatic N) is 2. The maximum atomic E-state index is 12.8. The average Bonchev–Trinajstić information content (AvgIpc) is 2.94. The third kappa shape index (κ3) is 3.99. The Labute approximate surface area is 176 Å². The number of nitrogens with one attached hydrogen (secondary N) is 1. The fourth-order valence-electron chi connectivity index (χ4n) is 4.61. The lowest BCUT2D eigenvalue weighted by Crippen LogP contribution is -2.44. The minimum atomic E-state index is -0.560. The molecule has 1 aromatic carbocycles. The molecule has 6 nitrogen and oxygen atoms in total. The van der Waals surface area contributed by atoms with Crippen LogP contribution in [-0.2, 0) is 4.74 Å². The molecule has 29 heavy (non-hydrogen) atoms. The number of nitrogen functional groups attached to an aromatic ring is 1. The van der Waals surface area contributed by atoms with Gasteiger partial charge in [-0.15, -0.1) is 0 Å². The maximum absolute atomic E-state index is 12.8. The topological polar surface area (TPSA) is 80.5 Å². The first-order valence-corrected chi connectivity index (χ1v) is 10.5. The summed E-state index contributed by atoms with van der Waals surface area (Å²) < 4.78 is 5.77. The first-order chi connectivity index (χ1) is 13.8. The van der Waals surface area contributed by atoms with Crippen molar-refractivity contribution < 1.29 is 9.53 Å². The summed E-state index contributed by atoms with van der Waals surface area (Å²) in [4.78, 5) is 18.7. The molecular weight excluding hydrogens is 388 g/mol. The zero-order valence-electron chi connectivity index (χ0n) is 16.8. The minimum Gasteiger partial charge on any atom is -0.441 e. The number of nitrogens with two attached hydrogens (primary N) is 1. The summed E-state index contributed by atoms with van der Waals surface area (Å²) in [5, 5.41) is 3.91. The number of rotatable bonds is 4. The molecular formula is C22H27ClN4O2. The molecule has 1 aromatic heterocycles. The molecule has 1 aliphatic heterocycles. The SMILES string of the molecule is CC1(C)OC(=O)N(C2CCC(Nc3cc(Cl)ncc3N)CC2)[C@H]1c1ccccc1. The van der Waals surface area contributed by atoms with Gasteiger partial charge in [0.05, 0.1) is 23.6 Å². The molecule has 4 rings (SSSR count). The van der Waals surface area contributed by atoms with Crippen molar-refractivity contribution in [2.45, 2.75) is 63.3 Å². The Morgan fingerprint density at radius 1 is 1.21 bits per heavy atom. The lowest BCUT2D eigenvalue weighted by molar-refractivity contribution is 0.0664. The van der Waals surface area contributed by atoms with Crippen LogP contribution in [0.15, 0.2) is 42.6 Å². The van der Waals surface area contributed by atoms with E-state index in [0.29, 0.717) is 10.8 Å². The van der Waals surface area contributed by atoms with Crippen molar-refractivity contribution in [2.24, 2.45) is 0 Å². The third-order valence-electron chi connectivity index (χ3n) is 5.96. The van der Waals surface area contributed by atoms with E-state index in [1.165, 1.54) is 0 Å². The van der Waals surface area contributed by atoms with Gasteiger partial charge < -0.3 is 15.8 Å². The van der Waals surface area contributed by atoms with Gasteiger partial charge in [0.2, 0.25) is 0 Å². The number of benzene rings is 1. The van der Waals surface area contributed by atoms with E-state index in [9.17, 15) is 4.79 Å². The number of hydrogen-bond acceptors (Lipinski definition) is 5. The Hall–Kier alpha value is -2.47. The van der Waals surface area contributed by atoms with Crippen molar-refractivity contribution >= 4 is 29.1 Å². The van der Waals surface area contributed by atoms with E-state index in [-0.39, 0.29) is 24.2 Å². The zero-order valence-corrected chi connectivity index (χ0v) is 17.5. The summed E-state index contributed by atoms with van der Waals surface area (Å²) in [6, 6.07) is 12.3. The quantitative estimate of drug-likeness (QED) is 0.687. The second-order valence-electron chi connectivity index (χ2n) is 8.44. The first-order valence-electron chi connectivity index (χ1n) is 10.1. The number of hydrogen-bond donors (Lipinski definition) is 2. The largest absolute Gasteiger partial charge is 0.441 e.